The van der Waals surface area contributed by atoms with Gasteiger partial charge in [0.05, 0.1) is 0 Å². The summed E-state index contributed by atoms with van der Waals surface area (Å²) in [7, 11) is 0. The first-order valence-corrected chi connectivity index (χ1v) is 7.30. The maximum atomic E-state index is 13.1. The molecule has 2 aromatic carbocycles. The van der Waals surface area contributed by atoms with Gasteiger partial charge in [0, 0.05) is 0 Å². The fourth-order valence-electron chi connectivity index (χ4n) is 2.69. The van der Waals surface area contributed by atoms with Crippen molar-refractivity contribution >= 4 is 0 Å². The SMILES string of the molecule is Cc1cc(C(C)C)c(C(C)C)cc1-c1ccc(F)cc1. The van der Waals surface area contributed by atoms with Crippen LogP contribution in [-0.4, -0.2) is 0 Å². The third kappa shape index (κ3) is 2.92. The first-order chi connectivity index (χ1) is 9.40. The van der Waals surface area contributed by atoms with Crippen LogP contribution in [0.2, 0.25) is 0 Å². The molecule has 0 nitrogen and oxygen atoms in total. The minimum Gasteiger partial charge on any atom is -0.207 e. The number of hydrogen-bond donors (Lipinski definition) is 0. The molecule has 0 atom stereocenters. The van der Waals surface area contributed by atoms with E-state index in [9.17, 15) is 4.39 Å². The average Bonchev–Trinajstić information content (AvgIpc) is 2.39. The van der Waals surface area contributed by atoms with E-state index in [0.29, 0.717) is 11.8 Å². The molecule has 20 heavy (non-hydrogen) atoms. The van der Waals surface area contributed by atoms with Gasteiger partial charge in [0.2, 0.25) is 0 Å². The lowest BCUT2D eigenvalue weighted by molar-refractivity contribution is 0.628. The molecule has 2 rings (SSSR count). The van der Waals surface area contributed by atoms with Crippen LogP contribution < -0.4 is 0 Å². The third-order valence-electron chi connectivity index (χ3n) is 3.83. The molecule has 0 aliphatic carbocycles. The fraction of sp³-hybridized carbons (Fsp3) is 0.368. The fourth-order valence-corrected chi connectivity index (χ4v) is 2.69. The number of halogens is 1. The second-order valence-corrected chi connectivity index (χ2v) is 6.11. The number of aryl methyl sites for hydroxylation is 1. The highest BCUT2D eigenvalue weighted by molar-refractivity contribution is 5.69. The van der Waals surface area contributed by atoms with Gasteiger partial charge in [-0.05, 0) is 58.7 Å². The number of rotatable bonds is 3. The second-order valence-electron chi connectivity index (χ2n) is 6.11. The molecule has 0 saturated heterocycles. The zero-order chi connectivity index (χ0) is 14.9. The predicted octanol–water partition coefficient (Wildman–Crippen LogP) is 6.05. The Morgan fingerprint density at radius 2 is 1.30 bits per heavy atom. The highest BCUT2D eigenvalue weighted by Gasteiger charge is 2.14. The number of benzene rings is 2. The Morgan fingerprint density at radius 1 is 0.800 bits per heavy atom. The molecule has 2 aromatic rings. The van der Waals surface area contributed by atoms with Crippen LogP contribution in [0.15, 0.2) is 36.4 Å². The van der Waals surface area contributed by atoms with Crippen LogP contribution in [0.5, 0.6) is 0 Å². The van der Waals surface area contributed by atoms with Crippen LogP contribution in [0.4, 0.5) is 4.39 Å². The summed E-state index contributed by atoms with van der Waals surface area (Å²) in [5.74, 6) is 0.829. The van der Waals surface area contributed by atoms with E-state index in [1.165, 1.54) is 34.4 Å². The average molecular weight is 270 g/mol. The largest absolute Gasteiger partial charge is 0.207 e. The van der Waals surface area contributed by atoms with Gasteiger partial charge in [-0.25, -0.2) is 4.39 Å². The molecular weight excluding hydrogens is 247 g/mol. The van der Waals surface area contributed by atoms with Crippen molar-refractivity contribution in [2.45, 2.75) is 46.5 Å². The van der Waals surface area contributed by atoms with Crippen molar-refractivity contribution < 1.29 is 4.39 Å². The van der Waals surface area contributed by atoms with Gasteiger partial charge in [0.1, 0.15) is 5.82 Å². The van der Waals surface area contributed by atoms with Crippen LogP contribution in [0, 0.1) is 12.7 Å². The second kappa shape index (κ2) is 5.78. The molecule has 0 unspecified atom stereocenters. The summed E-state index contributed by atoms with van der Waals surface area (Å²) >= 11 is 0. The highest BCUT2D eigenvalue weighted by atomic mass is 19.1. The summed E-state index contributed by atoms with van der Waals surface area (Å²) in [6, 6.07) is 11.3. The molecule has 1 heteroatoms. The van der Waals surface area contributed by atoms with E-state index >= 15 is 0 Å². The van der Waals surface area contributed by atoms with E-state index < -0.39 is 0 Å². The minimum atomic E-state index is -0.186. The molecule has 0 saturated carbocycles. The van der Waals surface area contributed by atoms with Gasteiger partial charge in [0.25, 0.3) is 0 Å². The molecular formula is C19H23F. The molecule has 106 valence electrons. The molecule has 0 aliphatic heterocycles. The Labute approximate surface area is 121 Å². The van der Waals surface area contributed by atoms with E-state index in [0.717, 1.165) is 5.56 Å². The van der Waals surface area contributed by atoms with Crippen LogP contribution in [0.25, 0.3) is 11.1 Å². The van der Waals surface area contributed by atoms with Crippen LogP contribution in [0.1, 0.15) is 56.2 Å². The first kappa shape index (κ1) is 14.8. The summed E-state index contributed by atoms with van der Waals surface area (Å²) in [5.41, 5.74) is 6.36. The summed E-state index contributed by atoms with van der Waals surface area (Å²) in [4.78, 5) is 0. The Balaban J connectivity index is 2.60. The Kier molecular flexibility index (Phi) is 4.27. The van der Waals surface area contributed by atoms with E-state index in [2.05, 4.69) is 46.8 Å². The van der Waals surface area contributed by atoms with E-state index in [-0.39, 0.29) is 5.82 Å². The summed E-state index contributed by atoms with van der Waals surface area (Å²) < 4.78 is 13.1. The van der Waals surface area contributed by atoms with E-state index in [1.54, 1.807) is 0 Å². The van der Waals surface area contributed by atoms with Gasteiger partial charge in [-0.2, -0.15) is 0 Å². The summed E-state index contributed by atoms with van der Waals surface area (Å²) in [5, 5.41) is 0. The van der Waals surface area contributed by atoms with Gasteiger partial charge in [-0.3, -0.25) is 0 Å². The Hall–Kier alpha value is -1.63. The van der Waals surface area contributed by atoms with Crippen molar-refractivity contribution in [3.8, 4) is 11.1 Å². The van der Waals surface area contributed by atoms with Crippen molar-refractivity contribution in [1.29, 1.82) is 0 Å². The van der Waals surface area contributed by atoms with Crippen LogP contribution in [-0.2, 0) is 0 Å². The smallest absolute Gasteiger partial charge is 0.123 e. The van der Waals surface area contributed by atoms with Crippen molar-refractivity contribution in [3.63, 3.8) is 0 Å². The van der Waals surface area contributed by atoms with Gasteiger partial charge < -0.3 is 0 Å². The quantitative estimate of drug-likeness (QED) is 0.637. The van der Waals surface area contributed by atoms with Crippen molar-refractivity contribution in [3.05, 3.63) is 58.9 Å². The van der Waals surface area contributed by atoms with Gasteiger partial charge >= 0.3 is 0 Å². The zero-order valence-electron chi connectivity index (χ0n) is 13.0. The molecule has 0 bridgehead atoms. The molecule has 0 radical (unpaired) electrons. The summed E-state index contributed by atoms with van der Waals surface area (Å²) in [6.45, 7) is 11.1. The number of hydrogen-bond acceptors (Lipinski definition) is 0. The zero-order valence-corrected chi connectivity index (χ0v) is 13.0. The third-order valence-corrected chi connectivity index (χ3v) is 3.83. The molecule has 0 aliphatic rings. The van der Waals surface area contributed by atoms with Crippen molar-refractivity contribution in [2.75, 3.05) is 0 Å². The molecule has 0 spiro atoms. The van der Waals surface area contributed by atoms with Crippen molar-refractivity contribution in [1.82, 2.24) is 0 Å². The van der Waals surface area contributed by atoms with E-state index in [1.807, 2.05) is 12.1 Å². The normalized spacial score (nSPS) is 11.4. The topological polar surface area (TPSA) is 0 Å². The summed E-state index contributed by atoms with van der Waals surface area (Å²) in [6.07, 6.45) is 0. The van der Waals surface area contributed by atoms with Gasteiger partial charge in [0.15, 0.2) is 0 Å². The standard InChI is InChI=1S/C19H23F/c1-12(2)17-10-14(5)19(11-18(17)13(3)4)15-6-8-16(20)9-7-15/h6-13H,1-5H3. The molecule has 0 fully saturated rings. The monoisotopic (exact) mass is 270 g/mol. The van der Waals surface area contributed by atoms with Crippen LogP contribution >= 0.6 is 0 Å². The first-order valence-electron chi connectivity index (χ1n) is 7.30. The molecule has 0 N–H and O–H groups in total. The Morgan fingerprint density at radius 3 is 1.80 bits per heavy atom. The maximum Gasteiger partial charge on any atom is 0.123 e. The maximum absolute atomic E-state index is 13.1. The minimum absolute atomic E-state index is 0.186. The lowest BCUT2D eigenvalue weighted by Crippen LogP contribution is -2.01. The van der Waals surface area contributed by atoms with Gasteiger partial charge in [-0.1, -0.05) is 52.0 Å². The molecule has 0 heterocycles. The van der Waals surface area contributed by atoms with E-state index in [4.69, 9.17) is 0 Å². The lowest BCUT2D eigenvalue weighted by atomic mass is 9.85. The molecule has 0 amide bonds. The predicted molar refractivity (Wildman–Crippen MR) is 84.8 cm³/mol. The van der Waals surface area contributed by atoms with Gasteiger partial charge in [-0.15, -0.1) is 0 Å². The van der Waals surface area contributed by atoms with Crippen LogP contribution in [0.3, 0.4) is 0 Å². The Bertz CT molecular complexity index is 592. The highest BCUT2D eigenvalue weighted by Crippen LogP contribution is 2.33. The lowest BCUT2D eigenvalue weighted by Gasteiger charge is -2.19. The van der Waals surface area contributed by atoms with Crippen molar-refractivity contribution in [2.24, 2.45) is 0 Å². The molecule has 0 aromatic heterocycles.